The molecular weight excluding hydrogens is 320 g/mol. The van der Waals surface area contributed by atoms with E-state index < -0.39 is 0 Å². The summed E-state index contributed by atoms with van der Waals surface area (Å²) in [6, 6.07) is 0. The molecule has 0 amide bonds. The highest BCUT2D eigenvalue weighted by Gasteiger charge is 2.60. The highest BCUT2D eigenvalue weighted by Crippen LogP contribution is 2.66. The van der Waals surface area contributed by atoms with E-state index in [2.05, 4.69) is 40.9 Å². The number of fused-ring (bicyclic) bond motifs is 3. The van der Waals surface area contributed by atoms with Crippen molar-refractivity contribution in [2.24, 2.45) is 40.4 Å². The lowest BCUT2D eigenvalue weighted by atomic mass is 9.45. The summed E-state index contributed by atoms with van der Waals surface area (Å²) in [6.45, 7) is 19.9. The van der Waals surface area contributed by atoms with Gasteiger partial charge in [-0.3, -0.25) is 0 Å². The second kappa shape index (κ2) is 9.73. The Bertz CT molecular complexity index is 422. The van der Waals surface area contributed by atoms with Gasteiger partial charge >= 0.3 is 0 Å². The molecule has 0 spiro atoms. The Balaban J connectivity index is 0.000000791. The summed E-state index contributed by atoms with van der Waals surface area (Å²) in [5.41, 5.74) is 0.669. The second-order valence-corrected chi connectivity index (χ2v) is 9.20. The van der Waals surface area contributed by atoms with Gasteiger partial charge in [0.2, 0.25) is 0 Å². The maximum absolute atomic E-state index is 11.0. The fourth-order valence-corrected chi connectivity index (χ4v) is 7.05. The van der Waals surface area contributed by atoms with E-state index in [0.717, 1.165) is 25.2 Å². The summed E-state index contributed by atoms with van der Waals surface area (Å²) < 4.78 is 0. The van der Waals surface area contributed by atoms with Crippen LogP contribution in [-0.2, 0) is 0 Å². The Hall–Kier alpha value is -0.340. The Labute approximate surface area is 163 Å². The van der Waals surface area contributed by atoms with Gasteiger partial charge in [0, 0.05) is 6.61 Å². The van der Waals surface area contributed by atoms with Crippen molar-refractivity contribution in [3.8, 4) is 0 Å². The van der Waals surface area contributed by atoms with Gasteiger partial charge in [-0.15, -0.1) is 13.2 Å². The monoisotopic (exact) mass is 366 g/mol. The SMILES string of the molecule is C=C.CC.CCC1C[C@H](O)C2C(CC[C@]3(C)C(C)CCC23)[C@@]1(C)CCO. The van der Waals surface area contributed by atoms with Gasteiger partial charge in [-0.2, -0.15) is 0 Å². The van der Waals surface area contributed by atoms with Crippen LogP contribution in [0.1, 0.15) is 86.5 Å². The van der Waals surface area contributed by atoms with Gasteiger partial charge in [-0.25, -0.2) is 0 Å². The van der Waals surface area contributed by atoms with Crippen LogP contribution in [0, 0.1) is 40.4 Å². The van der Waals surface area contributed by atoms with Crippen LogP contribution in [0.3, 0.4) is 0 Å². The molecule has 3 aliphatic rings. The molecule has 0 aromatic carbocycles. The summed E-state index contributed by atoms with van der Waals surface area (Å²) >= 11 is 0. The molecule has 0 aliphatic heterocycles. The standard InChI is InChI=1S/C20H36O2.C2H6.C2H4/c1-5-14-12-17(22)18-15-7-6-13(2)19(15,3)9-8-16(18)20(14,4)10-11-21;2*1-2/h13-18,21-22H,5-12H2,1-4H3;1-2H3;1-2H2/t13?,14?,15?,16?,17-,18?,19+,20-;;/m0../s1. The summed E-state index contributed by atoms with van der Waals surface area (Å²) in [7, 11) is 0. The van der Waals surface area contributed by atoms with Crippen molar-refractivity contribution in [1.82, 2.24) is 0 Å². The van der Waals surface area contributed by atoms with Crippen LogP contribution in [0.25, 0.3) is 0 Å². The van der Waals surface area contributed by atoms with Crippen LogP contribution in [-0.4, -0.2) is 22.9 Å². The van der Waals surface area contributed by atoms with E-state index in [4.69, 9.17) is 0 Å². The molecule has 3 saturated carbocycles. The summed E-state index contributed by atoms with van der Waals surface area (Å²) in [6.07, 6.45) is 8.11. The molecule has 5 unspecified atom stereocenters. The van der Waals surface area contributed by atoms with E-state index >= 15 is 0 Å². The van der Waals surface area contributed by atoms with Crippen molar-refractivity contribution in [2.45, 2.75) is 92.6 Å². The molecule has 0 saturated heterocycles. The van der Waals surface area contributed by atoms with Crippen LogP contribution >= 0.6 is 0 Å². The van der Waals surface area contributed by atoms with Crippen molar-refractivity contribution in [2.75, 3.05) is 6.61 Å². The van der Waals surface area contributed by atoms with E-state index in [1.165, 1.54) is 25.7 Å². The van der Waals surface area contributed by atoms with Gasteiger partial charge in [0.15, 0.2) is 0 Å². The van der Waals surface area contributed by atoms with Crippen LogP contribution in [0.15, 0.2) is 13.2 Å². The molecule has 0 heterocycles. The van der Waals surface area contributed by atoms with E-state index in [-0.39, 0.29) is 11.5 Å². The van der Waals surface area contributed by atoms with Gasteiger partial charge in [0.05, 0.1) is 6.10 Å². The summed E-state index contributed by atoms with van der Waals surface area (Å²) in [5.74, 6) is 3.16. The Morgan fingerprint density at radius 1 is 1.04 bits per heavy atom. The zero-order valence-electron chi connectivity index (χ0n) is 18.4. The Kier molecular flexibility index (Phi) is 8.87. The number of rotatable bonds is 3. The van der Waals surface area contributed by atoms with Gasteiger partial charge in [-0.05, 0) is 78.9 Å². The topological polar surface area (TPSA) is 40.5 Å². The Morgan fingerprint density at radius 2 is 1.65 bits per heavy atom. The molecular formula is C24H46O2. The fraction of sp³-hybridized carbons (Fsp3) is 0.917. The van der Waals surface area contributed by atoms with Gasteiger partial charge < -0.3 is 10.2 Å². The first-order valence-corrected chi connectivity index (χ1v) is 11.2. The quantitative estimate of drug-likeness (QED) is 0.595. The number of hydrogen-bond acceptors (Lipinski definition) is 2. The van der Waals surface area contributed by atoms with E-state index in [1.54, 1.807) is 0 Å². The first kappa shape index (κ1) is 23.7. The minimum absolute atomic E-state index is 0.114. The molecule has 3 fully saturated rings. The molecule has 2 heteroatoms. The minimum atomic E-state index is -0.114. The lowest BCUT2D eigenvalue weighted by molar-refractivity contribution is -0.156. The lowest BCUT2D eigenvalue weighted by Gasteiger charge is -2.60. The molecule has 3 rings (SSSR count). The molecule has 3 aliphatic carbocycles. The maximum atomic E-state index is 11.0. The van der Waals surface area contributed by atoms with Crippen LogP contribution in [0.4, 0.5) is 0 Å². The van der Waals surface area contributed by atoms with Crippen LogP contribution < -0.4 is 0 Å². The van der Waals surface area contributed by atoms with Crippen LogP contribution in [0.2, 0.25) is 0 Å². The zero-order valence-corrected chi connectivity index (χ0v) is 18.4. The first-order valence-electron chi connectivity index (χ1n) is 11.2. The summed E-state index contributed by atoms with van der Waals surface area (Å²) in [4.78, 5) is 0. The largest absolute Gasteiger partial charge is 0.396 e. The van der Waals surface area contributed by atoms with Crippen molar-refractivity contribution in [3.05, 3.63) is 13.2 Å². The second-order valence-electron chi connectivity index (χ2n) is 9.20. The average Bonchev–Trinajstić information content (AvgIpc) is 2.96. The fourth-order valence-electron chi connectivity index (χ4n) is 7.05. The third-order valence-corrected chi connectivity index (χ3v) is 8.70. The first-order chi connectivity index (χ1) is 12.4. The molecule has 0 aromatic heterocycles. The number of aliphatic hydroxyl groups is 2. The van der Waals surface area contributed by atoms with Crippen molar-refractivity contribution in [1.29, 1.82) is 0 Å². The van der Waals surface area contributed by atoms with E-state index in [9.17, 15) is 10.2 Å². The van der Waals surface area contributed by atoms with Crippen LogP contribution in [0.5, 0.6) is 0 Å². The third kappa shape index (κ3) is 3.78. The maximum Gasteiger partial charge on any atom is 0.0577 e. The molecule has 8 atom stereocenters. The zero-order chi connectivity index (χ0) is 20.1. The van der Waals surface area contributed by atoms with E-state index in [0.29, 0.717) is 35.7 Å². The molecule has 154 valence electrons. The third-order valence-electron chi connectivity index (χ3n) is 8.70. The van der Waals surface area contributed by atoms with Gasteiger partial charge in [0.1, 0.15) is 0 Å². The normalized spacial score (nSPS) is 46.8. The van der Waals surface area contributed by atoms with Crippen molar-refractivity contribution >= 4 is 0 Å². The smallest absolute Gasteiger partial charge is 0.0577 e. The predicted molar refractivity (Wildman–Crippen MR) is 113 cm³/mol. The van der Waals surface area contributed by atoms with Gasteiger partial charge in [0.25, 0.3) is 0 Å². The Morgan fingerprint density at radius 3 is 2.19 bits per heavy atom. The summed E-state index contributed by atoms with van der Waals surface area (Å²) in [5, 5.41) is 20.7. The molecule has 2 N–H and O–H groups in total. The highest BCUT2D eigenvalue weighted by molar-refractivity contribution is 5.09. The molecule has 0 radical (unpaired) electrons. The lowest BCUT2D eigenvalue weighted by Crippen LogP contribution is -2.56. The van der Waals surface area contributed by atoms with Crippen molar-refractivity contribution in [3.63, 3.8) is 0 Å². The van der Waals surface area contributed by atoms with Gasteiger partial charge in [-0.1, -0.05) is 48.0 Å². The van der Waals surface area contributed by atoms with E-state index in [1.807, 2.05) is 13.8 Å². The minimum Gasteiger partial charge on any atom is -0.396 e. The number of hydrogen-bond donors (Lipinski definition) is 2. The molecule has 0 aromatic rings. The predicted octanol–water partition coefficient (Wildman–Crippen LogP) is 6.07. The highest BCUT2D eigenvalue weighted by atomic mass is 16.3. The average molecular weight is 367 g/mol. The number of aliphatic hydroxyl groups excluding tert-OH is 2. The van der Waals surface area contributed by atoms with Crippen molar-refractivity contribution < 1.29 is 10.2 Å². The molecule has 0 bridgehead atoms. The molecule has 2 nitrogen and oxygen atoms in total. The molecule has 26 heavy (non-hydrogen) atoms.